The molecule has 1 aromatic carbocycles. The summed E-state index contributed by atoms with van der Waals surface area (Å²) in [5.41, 5.74) is 0.333. The number of hydrogen-bond donors (Lipinski definition) is 2. The molecule has 0 spiro atoms. The molecule has 0 aliphatic rings. The Morgan fingerprint density at radius 1 is 1.29 bits per heavy atom. The fourth-order valence-electron chi connectivity index (χ4n) is 1.66. The molecule has 0 saturated heterocycles. The third-order valence-corrected chi connectivity index (χ3v) is 2.63. The zero-order chi connectivity index (χ0) is 15.4. The Bertz CT molecular complexity index is 706. The van der Waals surface area contributed by atoms with E-state index >= 15 is 0 Å². The van der Waals surface area contributed by atoms with Gasteiger partial charge in [0.2, 0.25) is 0 Å². The average Bonchev–Trinajstić information content (AvgIpc) is 2.46. The summed E-state index contributed by atoms with van der Waals surface area (Å²) in [5, 5.41) is 15.9. The van der Waals surface area contributed by atoms with E-state index in [0.717, 1.165) is 18.2 Å². The van der Waals surface area contributed by atoms with Crippen molar-refractivity contribution in [2.45, 2.75) is 0 Å². The second-order valence-corrected chi connectivity index (χ2v) is 4.09. The van der Waals surface area contributed by atoms with Crippen LogP contribution < -0.4 is 10.6 Å². The van der Waals surface area contributed by atoms with Gasteiger partial charge in [0.25, 0.3) is 11.6 Å². The largest absolute Gasteiger partial charge is 0.388 e. The molecule has 1 aromatic heterocycles. The maximum atomic E-state index is 13.3. The number of amides is 1. The number of nitro groups is 1. The molecule has 2 N–H and O–H groups in total. The molecule has 2 aromatic rings. The molecule has 0 radical (unpaired) electrons. The van der Waals surface area contributed by atoms with E-state index < -0.39 is 22.3 Å². The minimum atomic E-state index is -0.809. The van der Waals surface area contributed by atoms with Crippen LogP contribution in [0.5, 0.6) is 0 Å². The molecule has 0 unspecified atom stereocenters. The van der Waals surface area contributed by atoms with Gasteiger partial charge in [-0.1, -0.05) is 0 Å². The van der Waals surface area contributed by atoms with Crippen molar-refractivity contribution in [2.24, 2.45) is 0 Å². The Hall–Kier alpha value is -3.03. The van der Waals surface area contributed by atoms with Crippen molar-refractivity contribution in [1.29, 1.82) is 0 Å². The van der Waals surface area contributed by atoms with Gasteiger partial charge in [-0.05, 0) is 18.2 Å². The fraction of sp³-hybridized carbons (Fsp3) is 0.0769. The third kappa shape index (κ3) is 3.50. The normalized spacial score (nSPS) is 10.0. The Balaban J connectivity index is 2.24. The van der Waals surface area contributed by atoms with Gasteiger partial charge in [0.15, 0.2) is 0 Å². The number of nitro benzene ring substituents is 1. The lowest BCUT2D eigenvalue weighted by atomic mass is 10.2. The Morgan fingerprint density at radius 2 is 2.05 bits per heavy atom. The molecule has 0 fully saturated rings. The molecule has 0 bridgehead atoms. The zero-order valence-electron chi connectivity index (χ0n) is 11.0. The summed E-state index contributed by atoms with van der Waals surface area (Å²) in [4.78, 5) is 25.8. The number of carbonyl (C=O) groups excluding carboxylic acids is 1. The monoisotopic (exact) mass is 290 g/mol. The van der Waals surface area contributed by atoms with Crippen LogP contribution in [0.15, 0.2) is 36.5 Å². The van der Waals surface area contributed by atoms with E-state index in [9.17, 15) is 19.3 Å². The van der Waals surface area contributed by atoms with E-state index in [2.05, 4.69) is 15.6 Å². The molecule has 0 atom stereocenters. The number of hydrogen-bond acceptors (Lipinski definition) is 5. The van der Waals surface area contributed by atoms with Crippen LogP contribution in [-0.2, 0) is 0 Å². The Kier molecular flexibility index (Phi) is 4.07. The molecule has 8 heteroatoms. The highest BCUT2D eigenvalue weighted by molar-refractivity contribution is 6.03. The van der Waals surface area contributed by atoms with Crippen molar-refractivity contribution in [3.05, 3.63) is 58.2 Å². The topological polar surface area (TPSA) is 97.2 Å². The zero-order valence-corrected chi connectivity index (χ0v) is 11.0. The van der Waals surface area contributed by atoms with Crippen LogP contribution in [0.25, 0.3) is 0 Å². The standard InChI is InChI=1S/C13H11FN4O3/c1-15-9-2-3-16-12(7-9)13(19)17-10-4-8(14)5-11(6-10)18(20)21/h2-7H,1H3,(H,15,16)(H,17,19). The smallest absolute Gasteiger partial charge is 0.274 e. The van der Waals surface area contributed by atoms with E-state index in [1.54, 1.807) is 13.1 Å². The van der Waals surface area contributed by atoms with Crippen molar-refractivity contribution in [1.82, 2.24) is 4.98 Å². The lowest BCUT2D eigenvalue weighted by molar-refractivity contribution is -0.385. The fourth-order valence-corrected chi connectivity index (χ4v) is 1.66. The van der Waals surface area contributed by atoms with Crippen molar-refractivity contribution in [3.8, 4) is 0 Å². The van der Waals surface area contributed by atoms with Crippen molar-refractivity contribution >= 4 is 23.0 Å². The number of pyridine rings is 1. The van der Waals surface area contributed by atoms with E-state index in [1.165, 1.54) is 12.3 Å². The molecule has 0 aliphatic carbocycles. The number of nitrogens with one attached hydrogen (secondary N) is 2. The highest BCUT2D eigenvalue weighted by Crippen LogP contribution is 2.20. The average molecular weight is 290 g/mol. The SMILES string of the molecule is CNc1ccnc(C(=O)Nc2cc(F)cc([N+](=O)[O-])c2)c1. The maximum absolute atomic E-state index is 13.3. The second kappa shape index (κ2) is 5.95. The molecule has 108 valence electrons. The van der Waals surface area contributed by atoms with Gasteiger partial charge in [-0.2, -0.15) is 0 Å². The van der Waals surface area contributed by atoms with E-state index in [-0.39, 0.29) is 11.4 Å². The van der Waals surface area contributed by atoms with Gasteiger partial charge in [-0.3, -0.25) is 19.9 Å². The molecule has 1 amide bonds. The molecule has 0 saturated carbocycles. The number of rotatable bonds is 4. The number of aromatic nitrogens is 1. The minimum Gasteiger partial charge on any atom is -0.388 e. The van der Waals surface area contributed by atoms with Gasteiger partial charge in [0.05, 0.1) is 16.7 Å². The van der Waals surface area contributed by atoms with Crippen LogP contribution in [0.4, 0.5) is 21.5 Å². The summed E-state index contributed by atoms with van der Waals surface area (Å²) >= 11 is 0. The van der Waals surface area contributed by atoms with Crippen LogP contribution in [0.3, 0.4) is 0 Å². The first-order valence-electron chi connectivity index (χ1n) is 5.90. The highest BCUT2D eigenvalue weighted by Gasteiger charge is 2.13. The predicted molar refractivity (Wildman–Crippen MR) is 74.8 cm³/mol. The molecule has 1 heterocycles. The van der Waals surface area contributed by atoms with Gasteiger partial charge in [-0.15, -0.1) is 0 Å². The summed E-state index contributed by atoms with van der Waals surface area (Å²) in [6.45, 7) is 0. The van der Waals surface area contributed by atoms with Gasteiger partial charge >= 0.3 is 0 Å². The first kappa shape index (κ1) is 14.4. The van der Waals surface area contributed by atoms with Crippen LogP contribution in [-0.4, -0.2) is 22.9 Å². The Labute approximate surface area is 119 Å². The summed E-state index contributed by atoms with van der Waals surface area (Å²) in [5.74, 6) is -1.40. The first-order valence-corrected chi connectivity index (χ1v) is 5.90. The molecular formula is C13H11FN4O3. The highest BCUT2D eigenvalue weighted by atomic mass is 19.1. The number of anilines is 2. The molecule has 0 aliphatic heterocycles. The number of halogens is 1. The number of benzene rings is 1. The van der Waals surface area contributed by atoms with E-state index in [1.807, 2.05) is 0 Å². The summed E-state index contributed by atoms with van der Waals surface area (Å²) < 4.78 is 13.3. The van der Waals surface area contributed by atoms with Gasteiger partial charge in [0.1, 0.15) is 11.5 Å². The lowest BCUT2D eigenvalue weighted by Crippen LogP contribution is -2.14. The van der Waals surface area contributed by atoms with Crippen LogP contribution in [0, 0.1) is 15.9 Å². The second-order valence-electron chi connectivity index (χ2n) is 4.09. The first-order chi connectivity index (χ1) is 9.99. The summed E-state index contributed by atoms with van der Waals surface area (Å²) in [7, 11) is 1.69. The number of carbonyl (C=O) groups is 1. The minimum absolute atomic E-state index is 0.0108. The van der Waals surface area contributed by atoms with Crippen LogP contribution in [0.1, 0.15) is 10.5 Å². The maximum Gasteiger partial charge on any atom is 0.274 e. The van der Waals surface area contributed by atoms with E-state index in [0.29, 0.717) is 5.69 Å². The predicted octanol–water partition coefficient (Wildman–Crippen LogP) is 2.42. The van der Waals surface area contributed by atoms with Crippen LogP contribution in [0.2, 0.25) is 0 Å². The van der Waals surface area contributed by atoms with Gasteiger partial charge in [-0.25, -0.2) is 4.39 Å². The summed E-state index contributed by atoms with van der Waals surface area (Å²) in [6, 6.07) is 6.01. The molecular weight excluding hydrogens is 279 g/mol. The summed E-state index contributed by atoms with van der Waals surface area (Å²) in [6.07, 6.45) is 1.44. The van der Waals surface area contributed by atoms with Crippen molar-refractivity contribution in [3.63, 3.8) is 0 Å². The van der Waals surface area contributed by atoms with E-state index in [4.69, 9.17) is 0 Å². The molecule has 2 rings (SSSR count). The van der Waals surface area contributed by atoms with Gasteiger partial charge in [0, 0.05) is 25.0 Å². The number of non-ortho nitro benzene ring substituents is 1. The Morgan fingerprint density at radius 3 is 2.71 bits per heavy atom. The molecule has 7 nitrogen and oxygen atoms in total. The molecule has 21 heavy (non-hydrogen) atoms. The third-order valence-electron chi connectivity index (χ3n) is 2.63. The number of nitrogens with zero attached hydrogens (tertiary/aromatic N) is 2. The van der Waals surface area contributed by atoms with Crippen molar-refractivity contribution in [2.75, 3.05) is 17.7 Å². The van der Waals surface area contributed by atoms with Crippen LogP contribution >= 0.6 is 0 Å². The van der Waals surface area contributed by atoms with Gasteiger partial charge < -0.3 is 10.6 Å². The van der Waals surface area contributed by atoms with Crippen molar-refractivity contribution < 1.29 is 14.1 Å². The lowest BCUT2D eigenvalue weighted by Gasteiger charge is -2.06. The quantitative estimate of drug-likeness (QED) is 0.665.